The van der Waals surface area contributed by atoms with Gasteiger partial charge >= 0.3 is 0 Å². The van der Waals surface area contributed by atoms with Gasteiger partial charge in [0.1, 0.15) is 5.75 Å². The van der Waals surface area contributed by atoms with Crippen LogP contribution in [-0.4, -0.2) is 12.5 Å². The Morgan fingerprint density at radius 2 is 1.65 bits per heavy atom. The van der Waals surface area contributed by atoms with E-state index in [4.69, 9.17) is 10.5 Å². The quantitative estimate of drug-likeness (QED) is 0.634. The minimum absolute atomic E-state index is 0.0730. The molecular formula is C22H22N2O2. The highest BCUT2D eigenvalue weighted by Crippen LogP contribution is 2.18. The molecule has 0 radical (unpaired) electrons. The standard InChI is InChI=1S/C22H22N2O2/c23-19-11-9-18(10-12-19)15-22(25)24-20-7-4-8-21(16-20)26-14-13-17-5-2-1-3-6-17/h1-12,16H,13-15,23H2,(H,24,25). The molecule has 4 nitrogen and oxygen atoms in total. The molecule has 132 valence electrons. The van der Waals surface area contributed by atoms with Crippen LogP contribution in [0.3, 0.4) is 0 Å². The first kappa shape index (κ1) is 17.5. The second-order valence-electron chi connectivity index (χ2n) is 6.08. The van der Waals surface area contributed by atoms with Gasteiger partial charge in [-0.05, 0) is 35.4 Å². The number of nitrogen functional groups attached to an aromatic ring is 1. The third-order valence-corrected chi connectivity index (χ3v) is 3.96. The Bertz CT molecular complexity index is 846. The van der Waals surface area contributed by atoms with Crippen molar-refractivity contribution in [2.24, 2.45) is 0 Å². The number of rotatable bonds is 7. The fraction of sp³-hybridized carbons (Fsp3) is 0.136. The minimum Gasteiger partial charge on any atom is -0.493 e. The highest BCUT2D eigenvalue weighted by atomic mass is 16.5. The van der Waals surface area contributed by atoms with E-state index < -0.39 is 0 Å². The highest BCUT2D eigenvalue weighted by Gasteiger charge is 2.05. The highest BCUT2D eigenvalue weighted by molar-refractivity contribution is 5.92. The molecular weight excluding hydrogens is 324 g/mol. The van der Waals surface area contributed by atoms with E-state index in [1.54, 1.807) is 12.1 Å². The number of hydrogen-bond acceptors (Lipinski definition) is 3. The van der Waals surface area contributed by atoms with Crippen LogP contribution >= 0.6 is 0 Å². The van der Waals surface area contributed by atoms with Crippen LogP contribution in [0.25, 0.3) is 0 Å². The van der Waals surface area contributed by atoms with E-state index in [1.165, 1.54) is 5.56 Å². The monoisotopic (exact) mass is 346 g/mol. The van der Waals surface area contributed by atoms with Crippen molar-refractivity contribution in [1.29, 1.82) is 0 Å². The molecule has 0 aliphatic rings. The number of anilines is 2. The van der Waals surface area contributed by atoms with Crippen LogP contribution in [0.2, 0.25) is 0 Å². The SMILES string of the molecule is Nc1ccc(CC(=O)Nc2cccc(OCCc3ccccc3)c2)cc1. The lowest BCUT2D eigenvalue weighted by Gasteiger charge is -2.09. The molecule has 0 aliphatic heterocycles. The van der Waals surface area contributed by atoms with E-state index in [0.717, 1.165) is 23.4 Å². The van der Waals surface area contributed by atoms with Crippen LogP contribution in [0.1, 0.15) is 11.1 Å². The molecule has 0 saturated carbocycles. The van der Waals surface area contributed by atoms with Crippen molar-refractivity contribution in [2.75, 3.05) is 17.7 Å². The second-order valence-corrected chi connectivity index (χ2v) is 6.08. The van der Waals surface area contributed by atoms with Gasteiger partial charge in [0, 0.05) is 23.9 Å². The van der Waals surface area contributed by atoms with Crippen molar-refractivity contribution < 1.29 is 9.53 Å². The zero-order valence-electron chi connectivity index (χ0n) is 14.5. The molecule has 1 amide bonds. The molecule has 0 heterocycles. The van der Waals surface area contributed by atoms with Gasteiger partial charge in [-0.3, -0.25) is 4.79 Å². The maximum absolute atomic E-state index is 12.2. The molecule has 0 aromatic heterocycles. The summed E-state index contributed by atoms with van der Waals surface area (Å²) in [6.07, 6.45) is 1.15. The normalized spacial score (nSPS) is 10.3. The fourth-order valence-electron chi connectivity index (χ4n) is 2.62. The topological polar surface area (TPSA) is 64.4 Å². The van der Waals surface area contributed by atoms with Gasteiger partial charge in [0.05, 0.1) is 13.0 Å². The molecule has 26 heavy (non-hydrogen) atoms. The lowest BCUT2D eigenvalue weighted by molar-refractivity contribution is -0.115. The molecule has 0 atom stereocenters. The summed E-state index contributed by atoms with van der Waals surface area (Å²) in [5.74, 6) is 0.669. The van der Waals surface area contributed by atoms with E-state index in [2.05, 4.69) is 17.4 Å². The van der Waals surface area contributed by atoms with Crippen molar-refractivity contribution in [3.05, 3.63) is 90.0 Å². The van der Waals surface area contributed by atoms with Crippen LogP contribution in [0.5, 0.6) is 5.75 Å². The number of carbonyl (C=O) groups excluding carboxylic acids is 1. The van der Waals surface area contributed by atoms with E-state index in [9.17, 15) is 4.79 Å². The van der Waals surface area contributed by atoms with Gasteiger partial charge in [-0.15, -0.1) is 0 Å². The van der Waals surface area contributed by atoms with Crippen LogP contribution in [0, 0.1) is 0 Å². The largest absolute Gasteiger partial charge is 0.493 e. The maximum Gasteiger partial charge on any atom is 0.228 e. The summed E-state index contributed by atoms with van der Waals surface area (Å²) in [7, 11) is 0. The van der Waals surface area contributed by atoms with Crippen molar-refractivity contribution in [3.8, 4) is 5.75 Å². The molecule has 0 unspecified atom stereocenters. The van der Waals surface area contributed by atoms with Crippen LogP contribution in [0.15, 0.2) is 78.9 Å². The summed E-state index contributed by atoms with van der Waals surface area (Å²) in [5, 5.41) is 2.90. The lowest BCUT2D eigenvalue weighted by Crippen LogP contribution is -2.14. The van der Waals surface area contributed by atoms with Crippen LogP contribution < -0.4 is 15.8 Å². The Kier molecular flexibility index (Phi) is 5.88. The Morgan fingerprint density at radius 1 is 0.885 bits per heavy atom. The minimum atomic E-state index is -0.0730. The summed E-state index contributed by atoms with van der Waals surface area (Å²) < 4.78 is 5.80. The molecule has 0 spiro atoms. The number of nitrogens with one attached hydrogen (secondary N) is 1. The summed E-state index contributed by atoms with van der Waals surface area (Å²) in [6.45, 7) is 0.590. The predicted octanol–water partition coefficient (Wildman–Crippen LogP) is 4.07. The smallest absolute Gasteiger partial charge is 0.228 e. The molecule has 3 aromatic carbocycles. The van der Waals surface area contributed by atoms with Gasteiger partial charge in [-0.2, -0.15) is 0 Å². The molecule has 0 saturated heterocycles. The molecule has 3 N–H and O–H groups in total. The van der Waals surface area contributed by atoms with Crippen molar-refractivity contribution >= 4 is 17.3 Å². The van der Waals surface area contributed by atoms with E-state index in [-0.39, 0.29) is 5.91 Å². The van der Waals surface area contributed by atoms with Gasteiger partial charge in [0.25, 0.3) is 0 Å². The number of ether oxygens (including phenoxy) is 1. The lowest BCUT2D eigenvalue weighted by atomic mass is 10.1. The summed E-state index contributed by atoms with van der Waals surface area (Å²) in [4.78, 5) is 12.2. The Hall–Kier alpha value is -3.27. The zero-order chi connectivity index (χ0) is 18.2. The van der Waals surface area contributed by atoms with Gasteiger partial charge in [-0.1, -0.05) is 48.5 Å². The first-order valence-electron chi connectivity index (χ1n) is 8.60. The van der Waals surface area contributed by atoms with Crippen molar-refractivity contribution in [1.82, 2.24) is 0 Å². The van der Waals surface area contributed by atoms with Gasteiger partial charge < -0.3 is 15.8 Å². The number of benzene rings is 3. The molecule has 3 rings (SSSR count). The first-order valence-corrected chi connectivity index (χ1v) is 8.60. The molecule has 4 heteroatoms. The van der Waals surface area contributed by atoms with Crippen LogP contribution in [0.4, 0.5) is 11.4 Å². The van der Waals surface area contributed by atoms with E-state index in [0.29, 0.717) is 18.7 Å². The summed E-state index contributed by atoms with van der Waals surface area (Å²) in [5.41, 5.74) is 9.23. The zero-order valence-corrected chi connectivity index (χ0v) is 14.5. The predicted molar refractivity (Wildman–Crippen MR) is 105 cm³/mol. The number of nitrogens with two attached hydrogens (primary N) is 1. The van der Waals surface area contributed by atoms with Crippen molar-refractivity contribution in [2.45, 2.75) is 12.8 Å². The van der Waals surface area contributed by atoms with Gasteiger partial charge in [0.15, 0.2) is 0 Å². The van der Waals surface area contributed by atoms with Gasteiger partial charge in [0.2, 0.25) is 5.91 Å². The summed E-state index contributed by atoms with van der Waals surface area (Å²) >= 11 is 0. The van der Waals surface area contributed by atoms with Gasteiger partial charge in [-0.25, -0.2) is 0 Å². The van der Waals surface area contributed by atoms with E-state index >= 15 is 0 Å². The number of carbonyl (C=O) groups is 1. The molecule has 3 aromatic rings. The third kappa shape index (κ3) is 5.38. The molecule has 0 bridgehead atoms. The Balaban J connectivity index is 1.51. The summed E-state index contributed by atoms with van der Waals surface area (Å²) in [6, 6.07) is 25.0. The average molecular weight is 346 g/mol. The molecule has 0 aliphatic carbocycles. The fourth-order valence-corrected chi connectivity index (χ4v) is 2.62. The molecule has 0 fully saturated rings. The Morgan fingerprint density at radius 3 is 2.42 bits per heavy atom. The number of hydrogen-bond donors (Lipinski definition) is 2. The number of amides is 1. The second kappa shape index (κ2) is 8.72. The van der Waals surface area contributed by atoms with Crippen LogP contribution in [-0.2, 0) is 17.6 Å². The van der Waals surface area contributed by atoms with Crippen molar-refractivity contribution in [3.63, 3.8) is 0 Å². The Labute approximate surface area is 153 Å². The first-order chi connectivity index (χ1) is 12.7. The average Bonchev–Trinajstić information content (AvgIpc) is 2.65. The van der Waals surface area contributed by atoms with E-state index in [1.807, 2.05) is 54.6 Å². The third-order valence-electron chi connectivity index (χ3n) is 3.96. The maximum atomic E-state index is 12.2.